The summed E-state index contributed by atoms with van der Waals surface area (Å²) >= 11 is 0. The summed E-state index contributed by atoms with van der Waals surface area (Å²) in [5.74, 6) is 0. The summed E-state index contributed by atoms with van der Waals surface area (Å²) in [5.41, 5.74) is 0. The summed E-state index contributed by atoms with van der Waals surface area (Å²) < 4.78 is 0. The molecule has 0 fully saturated rings. The fourth-order valence-corrected chi connectivity index (χ4v) is 0.364. The minimum absolute atomic E-state index is 0.163. The highest BCUT2D eigenvalue weighted by atomic mass is 16.5. The molecule has 0 unspecified atom stereocenters. The van der Waals surface area contributed by atoms with Crippen molar-refractivity contribution in [2.24, 2.45) is 0 Å². The van der Waals surface area contributed by atoms with Crippen molar-refractivity contribution in [1.29, 1.82) is 0 Å². The van der Waals surface area contributed by atoms with Gasteiger partial charge in [-0.1, -0.05) is 25.5 Å². The molecule has 3 heteroatoms. The van der Waals surface area contributed by atoms with Gasteiger partial charge in [-0.2, -0.15) is 0 Å². The van der Waals surface area contributed by atoms with Gasteiger partial charge in [-0.25, -0.2) is 0 Å². The van der Waals surface area contributed by atoms with Crippen molar-refractivity contribution in [3.63, 3.8) is 0 Å². The molecular formula is C8H18O3. The van der Waals surface area contributed by atoms with Crippen molar-refractivity contribution in [1.82, 2.24) is 0 Å². The molecule has 0 bridgehead atoms. The van der Waals surface area contributed by atoms with Gasteiger partial charge in [-0.3, -0.25) is 0 Å². The van der Waals surface area contributed by atoms with Gasteiger partial charge in [-0.05, 0) is 13.3 Å². The quantitative estimate of drug-likeness (QED) is 0.422. The Balaban J connectivity index is 0. The van der Waals surface area contributed by atoms with E-state index in [2.05, 4.69) is 0 Å². The van der Waals surface area contributed by atoms with Crippen LogP contribution in [0.2, 0.25) is 0 Å². The third-order valence-electron chi connectivity index (χ3n) is 0.888. The van der Waals surface area contributed by atoms with Crippen molar-refractivity contribution in [2.75, 3.05) is 6.61 Å². The molecule has 0 heterocycles. The molecule has 0 spiro atoms. The van der Waals surface area contributed by atoms with Gasteiger partial charge >= 0.3 is 0 Å². The molecule has 0 aliphatic heterocycles. The Morgan fingerprint density at radius 1 is 1.36 bits per heavy atom. The fraction of sp³-hybridized carbons (Fsp3) is 0.750. The number of rotatable bonds is 3. The van der Waals surface area contributed by atoms with Crippen LogP contribution in [0.5, 0.6) is 0 Å². The summed E-state index contributed by atoms with van der Waals surface area (Å²) in [6.45, 7) is 3.94. The number of aliphatic hydroxyl groups is 3. The van der Waals surface area contributed by atoms with Crippen molar-refractivity contribution in [3.8, 4) is 0 Å². The maximum atomic E-state index is 8.11. The first-order valence-electron chi connectivity index (χ1n) is 3.77. The SMILES string of the molecule is CC=CCO.CCCC(O)O. The first-order chi connectivity index (χ1) is 5.18. The number of hydrogen-bond donors (Lipinski definition) is 3. The van der Waals surface area contributed by atoms with E-state index in [1.54, 1.807) is 12.2 Å². The second-order valence-corrected chi connectivity index (χ2v) is 2.02. The Kier molecular flexibility index (Phi) is 14.8. The topological polar surface area (TPSA) is 60.7 Å². The molecule has 3 nitrogen and oxygen atoms in total. The summed E-state index contributed by atoms with van der Waals surface area (Å²) in [7, 11) is 0. The average molecular weight is 162 g/mol. The van der Waals surface area contributed by atoms with Crippen molar-refractivity contribution in [2.45, 2.75) is 33.0 Å². The van der Waals surface area contributed by atoms with Crippen molar-refractivity contribution < 1.29 is 15.3 Å². The van der Waals surface area contributed by atoms with Crippen LogP contribution in [0, 0.1) is 0 Å². The molecule has 0 atom stereocenters. The highest BCUT2D eigenvalue weighted by molar-refractivity contribution is 4.74. The van der Waals surface area contributed by atoms with Gasteiger partial charge in [0.2, 0.25) is 0 Å². The van der Waals surface area contributed by atoms with Gasteiger partial charge in [-0.15, -0.1) is 0 Å². The third-order valence-corrected chi connectivity index (χ3v) is 0.888. The van der Waals surface area contributed by atoms with Gasteiger partial charge in [0.25, 0.3) is 0 Å². The van der Waals surface area contributed by atoms with Crippen molar-refractivity contribution >= 4 is 0 Å². The zero-order valence-corrected chi connectivity index (χ0v) is 7.20. The molecule has 11 heavy (non-hydrogen) atoms. The van der Waals surface area contributed by atoms with Crippen LogP contribution >= 0.6 is 0 Å². The van der Waals surface area contributed by atoms with Crippen LogP contribution in [-0.4, -0.2) is 28.2 Å². The third kappa shape index (κ3) is 26.2. The predicted molar refractivity (Wildman–Crippen MR) is 45.0 cm³/mol. The summed E-state index contributed by atoms with van der Waals surface area (Å²) in [4.78, 5) is 0. The van der Waals surface area contributed by atoms with E-state index in [1.807, 2.05) is 13.8 Å². The van der Waals surface area contributed by atoms with Crippen LogP contribution < -0.4 is 0 Å². The van der Waals surface area contributed by atoms with Gasteiger partial charge in [0.15, 0.2) is 6.29 Å². The van der Waals surface area contributed by atoms with Crippen LogP contribution in [0.1, 0.15) is 26.7 Å². The average Bonchev–Trinajstić information content (AvgIpc) is 1.90. The van der Waals surface area contributed by atoms with Gasteiger partial charge in [0, 0.05) is 0 Å². The lowest BCUT2D eigenvalue weighted by molar-refractivity contribution is -0.0453. The molecule has 3 N–H and O–H groups in total. The Labute approximate surface area is 68.0 Å². The van der Waals surface area contributed by atoms with Crippen LogP contribution in [0.3, 0.4) is 0 Å². The maximum Gasteiger partial charge on any atom is 0.151 e. The predicted octanol–water partition coefficient (Wildman–Crippen LogP) is 0.652. The summed E-state index contributed by atoms with van der Waals surface area (Å²) in [6.07, 6.45) is 3.70. The van der Waals surface area contributed by atoms with E-state index in [0.29, 0.717) is 6.42 Å². The molecule has 0 aliphatic carbocycles. The fourth-order valence-electron chi connectivity index (χ4n) is 0.364. The molecule has 0 saturated heterocycles. The lowest BCUT2D eigenvalue weighted by Crippen LogP contribution is -2.01. The second kappa shape index (κ2) is 12.3. The summed E-state index contributed by atoms with van der Waals surface area (Å²) in [5, 5.41) is 24.2. The Bertz CT molecular complexity index is 79.4. The molecule has 0 aromatic heterocycles. The molecule has 0 aromatic rings. The van der Waals surface area contributed by atoms with E-state index in [4.69, 9.17) is 15.3 Å². The lowest BCUT2D eigenvalue weighted by Gasteiger charge is -1.94. The van der Waals surface area contributed by atoms with Crippen LogP contribution in [0.15, 0.2) is 12.2 Å². The van der Waals surface area contributed by atoms with Crippen LogP contribution in [-0.2, 0) is 0 Å². The van der Waals surface area contributed by atoms with E-state index in [-0.39, 0.29) is 6.61 Å². The minimum atomic E-state index is -1.10. The van der Waals surface area contributed by atoms with Gasteiger partial charge in [0.1, 0.15) is 0 Å². The van der Waals surface area contributed by atoms with E-state index in [0.717, 1.165) is 6.42 Å². The number of allylic oxidation sites excluding steroid dienone is 1. The largest absolute Gasteiger partial charge is 0.392 e. The number of aliphatic hydroxyl groups excluding tert-OH is 2. The second-order valence-electron chi connectivity index (χ2n) is 2.02. The number of hydrogen-bond acceptors (Lipinski definition) is 3. The standard InChI is InChI=1S/C4H10O2.C4H8O/c1-2-3-4(5)6;1-2-3-4-5/h4-6H,2-3H2,1H3;2-3,5H,4H2,1H3. The Hall–Kier alpha value is -0.380. The van der Waals surface area contributed by atoms with E-state index in [9.17, 15) is 0 Å². The van der Waals surface area contributed by atoms with Crippen LogP contribution in [0.4, 0.5) is 0 Å². The molecule has 0 radical (unpaired) electrons. The minimum Gasteiger partial charge on any atom is -0.392 e. The highest BCUT2D eigenvalue weighted by Crippen LogP contribution is 1.88. The van der Waals surface area contributed by atoms with E-state index >= 15 is 0 Å². The normalized spacial score (nSPS) is 10.0. The first-order valence-corrected chi connectivity index (χ1v) is 3.77. The maximum absolute atomic E-state index is 8.11. The highest BCUT2D eigenvalue weighted by Gasteiger charge is 1.89. The zero-order valence-electron chi connectivity index (χ0n) is 7.20. The molecule has 68 valence electrons. The Morgan fingerprint density at radius 2 is 1.91 bits per heavy atom. The molecule has 0 saturated carbocycles. The van der Waals surface area contributed by atoms with Gasteiger partial charge in [0.05, 0.1) is 6.61 Å². The summed E-state index contributed by atoms with van der Waals surface area (Å²) in [6, 6.07) is 0. The molecule has 0 amide bonds. The van der Waals surface area contributed by atoms with E-state index in [1.165, 1.54) is 0 Å². The Morgan fingerprint density at radius 3 is 1.91 bits per heavy atom. The van der Waals surface area contributed by atoms with Gasteiger partial charge < -0.3 is 15.3 Å². The smallest absolute Gasteiger partial charge is 0.151 e. The molecule has 0 rings (SSSR count). The zero-order chi connectivity index (χ0) is 9.11. The monoisotopic (exact) mass is 162 g/mol. The van der Waals surface area contributed by atoms with Crippen LogP contribution in [0.25, 0.3) is 0 Å². The van der Waals surface area contributed by atoms with Crippen molar-refractivity contribution in [3.05, 3.63) is 12.2 Å². The lowest BCUT2D eigenvalue weighted by atomic mass is 10.3. The molecular weight excluding hydrogens is 144 g/mol. The first kappa shape index (κ1) is 13.2. The van der Waals surface area contributed by atoms with E-state index < -0.39 is 6.29 Å². The molecule has 0 aromatic carbocycles. The molecule has 0 aliphatic rings.